The van der Waals surface area contributed by atoms with E-state index in [-0.39, 0.29) is 35.2 Å². The average Bonchev–Trinajstić information content (AvgIpc) is 2.84. The first-order valence-corrected chi connectivity index (χ1v) is 10.5. The number of carboxylic acids is 1. The van der Waals surface area contributed by atoms with Gasteiger partial charge in [-0.05, 0) is 35.9 Å². The van der Waals surface area contributed by atoms with Gasteiger partial charge >= 0.3 is 5.97 Å². The van der Waals surface area contributed by atoms with Crippen LogP contribution in [0.5, 0.6) is 11.6 Å². The quantitative estimate of drug-likeness (QED) is 0.339. The molecule has 1 amide bonds. The van der Waals surface area contributed by atoms with Crippen molar-refractivity contribution < 1.29 is 29.0 Å². The van der Waals surface area contributed by atoms with Gasteiger partial charge in [0.15, 0.2) is 5.82 Å². The van der Waals surface area contributed by atoms with Crippen molar-refractivity contribution in [2.24, 2.45) is 0 Å². The number of carbonyl (C=O) groups is 3. The molecule has 1 aromatic heterocycles. The van der Waals surface area contributed by atoms with Gasteiger partial charge in [-0.1, -0.05) is 29.3 Å². The van der Waals surface area contributed by atoms with Crippen LogP contribution < -0.4 is 14.4 Å². The highest BCUT2D eigenvalue weighted by Crippen LogP contribution is 2.32. The second kappa shape index (κ2) is 11.0. The van der Waals surface area contributed by atoms with Gasteiger partial charge < -0.3 is 19.5 Å². The summed E-state index contributed by atoms with van der Waals surface area (Å²) in [6.45, 7) is 0.00471. The number of aromatic nitrogens is 2. The van der Waals surface area contributed by atoms with E-state index in [1.165, 1.54) is 49.6 Å². The minimum Gasteiger partial charge on any atom is -0.495 e. The number of amides is 1. The lowest BCUT2D eigenvalue weighted by atomic mass is 10.1. The van der Waals surface area contributed by atoms with E-state index in [9.17, 15) is 19.5 Å². The predicted octanol–water partition coefficient (Wildman–Crippen LogP) is 4.31. The van der Waals surface area contributed by atoms with Crippen LogP contribution in [0.15, 0.2) is 48.7 Å². The van der Waals surface area contributed by atoms with Crippen LogP contribution in [0, 0.1) is 0 Å². The third-order valence-electron chi connectivity index (χ3n) is 4.74. The molecule has 0 aliphatic rings. The Morgan fingerprint density at radius 2 is 1.76 bits per heavy atom. The number of anilines is 1. The summed E-state index contributed by atoms with van der Waals surface area (Å²) >= 11 is 12.1. The molecule has 0 atom stereocenters. The molecule has 1 N–H and O–H groups in total. The maximum absolute atomic E-state index is 13.3. The van der Waals surface area contributed by atoms with E-state index < -0.39 is 24.1 Å². The molecular weight excluding hydrogens is 485 g/mol. The van der Waals surface area contributed by atoms with Crippen LogP contribution in [0.3, 0.4) is 0 Å². The number of hydrogen-bond donors (Lipinski definition) is 1. The highest BCUT2D eigenvalue weighted by atomic mass is 35.5. The third kappa shape index (κ3) is 5.81. The Kier molecular flexibility index (Phi) is 8.04. The van der Waals surface area contributed by atoms with Crippen LogP contribution in [0.2, 0.25) is 10.0 Å². The molecule has 1 heterocycles. The van der Waals surface area contributed by atoms with Crippen LogP contribution >= 0.6 is 23.2 Å². The lowest BCUT2D eigenvalue weighted by Crippen LogP contribution is -2.32. The number of nitrogens with zero attached hydrogens (tertiary/aromatic N) is 3. The molecular formula is C23H19Cl2N3O6. The molecule has 0 aliphatic heterocycles. The van der Waals surface area contributed by atoms with E-state index in [4.69, 9.17) is 32.7 Å². The van der Waals surface area contributed by atoms with Crippen LogP contribution in [-0.4, -0.2) is 47.0 Å². The first kappa shape index (κ1) is 24.9. The fraction of sp³-hybridized carbons (Fsp3) is 0.174. The average molecular weight is 504 g/mol. The van der Waals surface area contributed by atoms with Gasteiger partial charge in [-0.3, -0.25) is 9.59 Å². The maximum Gasteiger partial charge on any atom is 0.335 e. The van der Waals surface area contributed by atoms with Gasteiger partial charge in [-0.25, -0.2) is 9.78 Å². The molecule has 0 radical (unpaired) electrons. The smallest absolute Gasteiger partial charge is 0.335 e. The standard InChI is InChI=1S/C23H19Cl2N3O6/c1-33-19-10-14(23(31)32)4-6-17(19)28(12-13-3-5-15(24)16(25)9-13)21(30)11-18(29)22-26-8-7-20(27-22)34-2/h3-10H,11-12H2,1-2H3,(H,31,32). The second-order valence-corrected chi connectivity index (χ2v) is 7.76. The summed E-state index contributed by atoms with van der Waals surface area (Å²) in [6.07, 6.45) is 0.795. The predicted molar refractivity (Wildman–Crippen MR) is 125 cm³/mol. The van der Waals surface area contributed by atoms with Crippen molar-refractivity contribution in [1.82, 2.24) is 9.97 Å². The number of ketones is 1. The number of methoxy groups -OCH3 is 2. The van der Waals surface area contributed by atoms with E-state index in [0.717, 1.165) is 0 Å². The van der Waals surface area contributed by atoms with Gasteiger partial charge in [0.05, 0.1) is 48.5 Å². The summed E-state index contributed by atoms with van der Waals surface area (Å²) in [4.78, 5) is 46.6. The number of hydrogen-bond acceptors (Lipinski definition) is 7. The Bertz CT molecular complexity index is 1250. The number of benzene rings is 2. The first-order chi connectivity index (χ1) is 16.2. The van der Waals surface area contributed by atoms with Crippen molar-refractivity contribution in [3.05, 3.63) is 75.7 Å². The van der Waals surface area contributed by atoms with Gasteiger partial charge in [-0.15, -0.1) is 0 Å². The topological polar surface area (TPSA) is 119 Å². The molecule has 3 aromatic rings. The van der Waals surface area contributed by atoms with Crippen LogP contribution in [0.25, 0.3) is 0 Å². The van der Waals surface area contributed by atoms with E-state index in [1.807, 2.05) is 0 Å². The molecule has 0 spiro atoms. The fourth-order valence-corrected chi connectivity index (χ4v) is 3.38. The Balaban J connectivity index is 1.98. The van der Waals surface area contributed by atoms with Gasteiger partial charge in [0.1, 0.15) is 5.75 Å². The number of carbonyl (C=O) groups excluding carboxylic acids is 2. The summed E-state index contributed by atoms with van der Waals surface area (Å²) in [5, 5.41) is 9.93. The zero-order valence-electron chi connectivity index (χ0n) is 18.1. The fourth-order valence-electron chi connectivity index (χ4n) is 3.06. The molecule has 3 rings (SSSR count). The number of ether oxygens (including phenoxy) is 2. The van der Waals surface area contributed by atoms with Crippen molar-refractivity contribution in [2.45, 2.75) is 13.0 Å². The number of carboxylic acid groups (broad SMARTS) is 1. The largest absolute Gasteiger partial charge is 0.495 e. The number of rotatable bonds is 9. The SMILES string of the molecule is COc1ccnc(C(=O)CC(=O)N(Cc2ccc(Cl)c(Cl)c2)c2ccc(C(=O)O)cc2OC)n1. The van der Waals surface area contributed by atoms with Crippen molar-refractivity contribution in [1.29, 1.82) is 0 Å². The van der Waals surface area contributed by atoms with E-state index in [0.29, 0.717) is 15.6 Å². The van der Waals surface area contributed by atoms with E-state index in [1.54, 1.807) is 18.2 Å². The first-order valence-electron chi connectivity index (χ1n) is 9.79. The van der Waals surface area contributed by atoms with Gasteiger partial charge in [0.2, 0.25) is 17.6 Å². The molecule has 2 aromatic carbocycles. The molecule has 0 saturated carbocycles. The zero-order chi connectivity index (χ0) is 24.8. The highest BCUT2D eigenvalue weighted by molar-refractivity contribution is 6.42. The Labute approximate surface area is 204 Å². The van der Waals surface area contributed by atoms with Gasteiger partial charge in [-0.2, -0.15) is 4.98 Å². The number of aromatic carboxylic acids is 1. The lowest BCUT2D eigenvalue weighted by Gasteiger charge is -2.25. The number of Topliss-reactive ketones (excluding diaryl/α,β-unsaturated/α-hetero) is 1. The summed E-state index contributed by atoms with van der Waals surface area (Å²) < 4.78 is 10.3. The van der Waals surface area contributed by atoms with Crippen molar-refractivity contribution in [2.75, 3.05) is 19.1 Å². The summed E-state index contributed by atoms with van der Waals surface area (Å²) in [7, 11) is 2.75. The van der Waals surface area contributed by atoms with Crippen LogP contribution in [0.1, 0.15) is 33.0 Å². The minimum atomic E-state index is -1.16. The molecule has 11 heteroatoms. The zero-order valence-corrected chi connectivity index (χ0v) is 19.6. The van der Waals surface area contributed by atoms with Crippen LogP contribution in [-0.2, 0) is 11.3 Å². The Morgan fingerprint density at radius 1 is 1.00 bits per heavy atom. The molecule has 0 unspecified atom stereocenters. The maximum atomic E-state index is 13.3. The van der Waals surface area contributed by atoms with Gasteiger partial charge in [0.25, 0.3) is 0 Å². The van der Waals surface area contributed by atoms with Crippen LogP contribution in [0.4, 0.5) is 5.69 Å². The molecule has 0 fully saturated rings. The van der Waals surface area contributed by atoms with Crippen molar-refractivity contribution in [3.8, 4) is 11.6 Å². The highest BCUT2D eigenvalue weighted by Gasteiger charge is 2.25. The molecule has 0 aliphatic carbocycles. The second-order valence-electron chi connectivity index (χ2n) is 6.94. The Hall–Kier alpha value is -3.69. The van der Waals surface area contributed by atoms with Gasteiger partial charge in [0, 0.05) is 12.3 Å². The summed E-state index contributed by atoms with van der Waals surface area (Å²) in [6, 6.07) is 10.4. The number of halogens is 2. The molecule has 176 valence electrons. The van der Waals surface area contributed by atoms with Crippen molar-refractivity contribution in [3.63, 3.8) is 0 Å². The normalized spacial score (nSPS) is 10.5. The summed E-state index contributed by atoms with van der Waals surface area (Å²) in [5.74, 6) is -2.22. The third-order valence-corrected chi connectivity index (χ3v) is 5.48. The molecule has 0 saturated heterocycles. The minimum absolute atomic E-state index is 0.00471. The van der Waals surface area contributed by atoms with E-state index in [2.05, 4.69) is 9.97 Å². The molecule has 0 bridgehead atoms. The Morgan fingerprint density at radius 3 is 2.41 bits per heavy atom. The lowest BCUT2D eigenvalue weighted by molar-refractivity contribution is -0.118. The molecule has 9 nitrogen and oxygen atoms in total. The van der Waals surface area contributed by atoms with E-state index >= 15 is 0 Å². The summed E-state index contributed by atoms with van der Waals surface area (Å²) in [5.41, 5.74) is 0.864. The van der Waals surface area contributed by atoms with Crippen molar-refractivity contribution >= 4 is 46.5 Å². The monoisotopic (exact) mass is 503 g/mol. The molecule has 34 heavy (non-hydrogen) atoms.